The first-order valence-corrected chi connectivity index (χ1v) is 4.09. The first-order chi connectivity index (χ1) is 6.70. The normalized spacial score (nSPS) is 19.4. The number of nitrogens with one attached hydrogen (secondary N) is 1. The zero-order valence-electron chi connectivity index (χ0n) is 7.27. The van der Waals surface area contributed by atoms with Gasteiger partial charge < -0.3 is 10.8 Å². The Morgan fingerprint density at radius 1 is 1.64 bits per heavy atom. The number of rotatable bonds is 1. The molecule has 0 spiro atoms. The van der Waals surface area contributed by atoms with Gasteiger partial charge in [0.1, 0.15) is 0 Å². The van der Waals surface area contributed by atoms with Crippen molar-refractivity contribution in [3.05, 3.63) is 21.2 Å². The minimum atomic E-state index is -0.422. The summed E-state index contributed by atoms with van der Waals surface area (Å²) in [5.41, 5.74) is 5.16. The molecule has 74 valence electrons. The van der Waals surface area contributed by atoms with Crippen LogP contribution in [0.15, 0.2) is 14.8 Å². The Morgan fingerprint density at radius 2 is 2.43 bits per heavy atom. The third kappa shape index (κ3) is 1.37. The van der Waals surface area contributed by atoms with Gasteiger partial charge in [0.25, 0.3) is 5.56 Å². The number of hydrogen-bond acceptors (Lipinski definition) is 6. The van der Waals surface area contributed by atoms with Crippen LogP contribution in [-0.4, -0.2) is 34.3 Å². The Bertz CT molecular complexity index is 520. The fourth-order valence-electron chi connectivity index (χ4n) is 1.21. The van der Waals surface area contributed by atoms with Crippen molar-refractivity contribution in [2.75, 3.05) is 18.9 Å². The van der Waals surface area contributed by atoms with E-state index in [1.165, 1.54) is 0 Å². The van der Waals surface area contributed by atoms with E-state index in [9.17, 15) is 4.79 Å². The van der Waals surface area contributed by atoms with E-state index in [1.54, 1.807) is 0 Å². The molecule has 2 rings (SSSR count). The van der Waals surface area contributed by atoms with Crippen LogP contribution < -0.4 is 22.1 Å². The Labute approximate surface area is 78.0 Å². The average Bonchev–Trinajstić information content (AvgIpc) is 2.17. The van der Waals surface area contributed by atoms with E-state index in [1.807, 2.05) is 0 Å². The smallest absolute Gasteiger partial charge is 0.280 e. The number of nitrogens with two attached hydrogens (primary N) is 1. The van der Waals surface area contributed by atoms with Gasteiger partial charge in [-0.05, 0) is 0 Å². The van der Waals surface area contributed by atoms with Crippen molar-refractivity contribution in [1.82, 2.24) is 9.97 Å². The summed E-state index contributed by atoms with van der Waals surface area (Å²) in [6.07, 6.45) is 0. The molecule has 1 atom stereocenters. The molecule has 14 heavy (non-hydrogen) atoms. The lowest BCUT2D eigenvalue weighted by atomic mass is 10.3. The number of aliphatic hydroxyl groups excluding tert-OH is 1. The van der Waals surface area contributed by atoms with Gasteiger partial charge in [-0.15, -0.1) is 0 Å². The van der Waals surface area contributed by atoms with Crippen molar-refractivity contribution in [1.29, 1.82) is 0 Å². The highest BCUT2D eigenvalue weighted by Crippen LogP contribution is 1.90. The van der Waals surface area contributed by atoms with Crippen LogP contribution in [-0.2, 0) is 0 Å². The molecule has 1 aliphatic heterocycles. The minimum absolute atomic E-state index is 0.0233. The van der Waals surface area contributed by atoms with E-state index in [0.717, 1.165) is 0 Å². The zero-order valence-corrected chi connectivity index (χ0v) is 7.27. The third-order valence-corrected chi connectivity index (χ3v) is 1.87. The minimum Gasteiger partial charge on any atom is -0.394 e. The van der Waals surface area contributed by atoms with Gasteiger partial charge in [-0.25, -0.2) is 0 Å². The van der Waals surface area contributed by atoms with Gasteiger partial charge in [0.05, 0.1) is 19.2 Å². The lowest BCUT2D eigenvalue weighted by Gasteiger charge is -2.08. The number of fused-ring (bicyclic) bond motifs is 1. The Balaban J connectivity index is 2.74. The molecular formula is C7H9N5O2. The molecule has 0 aromatic carbocycles. The topological polar surface area (TPSA) is 117 Å². The summed E-state index contributed by atoms with van der Waals surface area (Å²) in [4.78, 5) is 25.5. The van der Waals surface area contributed by atoms with Gasteiger partial charge in [-0.3, -0.25) is 19.8 Å². The highest BCUT2D eigenvalue weighted by Gasteiger charge is 2.11. The Kier molecular flexibility index (Phi) is 2.01. The quantitative estimate of drug-likeness (QED) is 0.441. The maximum absolute atomic E-state index is 11.3. The van der Waals surface area contributed by atoms with Crippen LogP contribution >= 0.6 is 0 Å². The van der Waals surface area contributed by atoms with Gasteiger partial charge in [0.15, 0.2) is 10.8 Å². The Hall–Kier alpha value is -1.76. The molecule has 4 N–H and O–H groups in total. The van der Waals surface area contributed by atoms with Crippen LogP contribution in [0, 0.1) is 0 Å². The first-order valence-electron chi connectivity index (χ1n) is 4.09. The number of nitrogens with zero attached hydrogens (tertiary/aromatic N) is 3. The number of nitrogen functional groups attached to an aromatic ring is 1. The van der Waals surface area contributed by atoms with E-state index in [0.29, 0.717) is 6.54 Å². The monoisotopic (exact) mass is 195 g/mol. The molecule has 1 aromatic rings. The van der Waals surface area contributed by atoms with Gasteiger partial charge in [-0.1, -0.05) is 0 Å². The second-order valence-corrected chi connectivity index (χ2v) is 2.93. The van der Waals surface area contributed by atoms with Crippen molar-refractivity contribution < 1.29 is 5.11 Å². The van der Waals surface area contributed by atoms with Crippen LogP contribution in [0.3, 0.4) is 0 Å². The van der Waals surface area contributed by atoms with E-state index < -0.39 is 5.56 Å². The van der Waals surface area contributed by atoms with Crippen molar-refractivity contribution >= 4 is 5.95 Å². The molecule has 0 bridgehead atoms. The predicted octanol–water partition coefficient (Wildman–Crippen LogP) is -3.03. The van der Waals surface area contributed by atoms with Crippen molar-refractivity contribution in [2.45, 2.75) is 6.04 Å². The second-order valence-electron chi connectivity index (χ2n) is 2.93. The number of aliphatic hydroxyl groups is 1. The number of anilines is 1. The maximum Gasteiger partial charge on any atom is 0.280 e. The molecule has 1 aromatic heterocycles. The van der Waals surface area contributed by atoms with Gasteiger partial charge >= 0.3 is 0 Å². The van der Waals surface area contributed by atoms with Gasteiger partial charge in [0.2, 0.25) is 5.95 Å². The molecule has 2 heterocycles. The Morgan fingerprint density at radius 3 is 3.14 bits per heavy atom. The molecule has 0 unspecified atom stereocenters. The average molecular weight is 195 g/mol. The third-order valence-electron chi connectivity index (χ3n) is 1.87. The highest BCUT2D eigenvalue weighted by atomic mass is 16.3. The molecule has 7 nitrogen and oxygen atoms in total. The summed E-state index contributed by atoms with van der Waals surface area (Å²) < 4.78 is 0. The van der Waals surface area contributed by atoms with Crippen LogP contribution in [0.25, 0.3) is 0 Å². The molecule has 7 heteroatoms. The van der Waals surface area contributed by atoms with E-state index in [4.69, 9.17) is 10.8 Å². The summed E-state index contributed by atoms with van der Waals surface area (Å²) in [5.74, 6) is 0.0233. The van der Waals surface area contributed by atoms with Crippen molar-refractivity contribution in [3.63, 3.8) is 0 Å². The highest BCUT2D eigenvalue weighted by molar-refractivity contribution is 5.12. The first kappa shape index (κ1) is 8.82. The largest absolute Gasteiger partial charge is 0.394 e. The predicted molar refractivity (Wildman–Crippen MR) is 47.3 cm³/mol. The fourth-order valence-corrected chi connectivity index (χ4v) is 1.21. The molecule has 0 saturated heterocycles. The summed E-state index contributed by atoms with van der Waals surface area (Å²) >= 11 is 0. The molecule has 0 fully saturated rings. The standard InChI is InChI=1S/C7H9N5O2/c8-7-11-5-4(6(14)12-7)10-3(2-13)1-9-5/h3,13H,1-2H2,(H3,8,9,11,12,14)/t3-/m0/s1. The summed E-state index contributed by atoms with van der Waals surface area (Å²) in [6, 6.07) is -0.353. The van der Waals surface area contributed by atoms with Gasteiger partial charge in [-0.2, -0.15) is 4.98 Å². The lowest BCUT2D eigenvalue weighted by Crippen LogP contribution is -2.48. The number of aromatic amines is 1. The van der Waals surface area contributed by atoms with Crippen LogP contribution in [0.4, 0.5) is 5.95 Å². The van der Waals surface area contributed by atoms with Crippen LogP contribution in [0.5, 0.6) is 0 Å². The van der Waals surface area contributed by atoms with Crippen LogP contribution in [0.1, 0.15) is 0 Å². The van der Waals surface area contributed by atoms with Crippen molar-refractivity contribution in [3.8, 4) is 0 Å². The van der Waals surface area contributed by atoms with Gasteiger partial charge in [0, 0.05) is 0 Å². The van der Waals surface area contributed by atoms with E-state index in [2.05, 4.69) is 20.0 Å². The van der Waals surface area contributed by atoms with E-state index in [-0.39, 0.29) is 29.4 Å². The lowest BCUT2D eigenvalue weighted by molar-refractivity contribution is 0.265. The summed E-state index contributed by atoms with van der Waals surface area (Å²) in [6.45, 7) is 0.201. The molecule has 0 radical (unpaired) electrons. The zero-order chi connectivity index (χ0) is 10.1. The molecular weight excluding hydrogens is 186 g/mol. The SMILES string of the molecule is Nc1nc2c(c(=O)[nH]1)=N[C@H](CO)CN=2. The number of aromatic nitrogens is 2. The molecule has 0 amide bonds. The fraction of sp³-hybridized carbons (Fsp3) is 0.429. The number of H-pyrrole nitrogens is 1. The summed E-state index contributed by atoms with van der Waals surface area (Å²) in [5, 5.41) is 8.99. The second kappa shape index (κ2) is 3.18. The number of hydrogen-bond donors (Lipinski definition) is 3. The molecule has 0 aliphatic carbocycles. The summed E-state index contributed by atoms with van der Waals surface area (Å²) in [7, 11) is 0. The maximum atomic E-state index is 11.3. The molecule has 0 saturated carbocycles. The van der Waals surface area contributed by atoms with Crippen molar-refractivity contribution in [2.24, 2.45) is 9.98 Å². The molecule has 1 aliphatic rings. The van der Waals surface area contributed by atoms with Crippen LogP contribution in [0.2, 0.25) is 0 Å². The van der Waals surface area contributed by atoms with E-state index >= 15 is 0 Å².